The molecule has 0 spiro atoms. The second kappa shape index (κ2) is 7.85. The van der Waals surface area contributed by atoms with Crippen LogP contribution in [-0.4, -0.2) is 23.2 Å². The first-order valence-electron chi connectivity index (χ1n) is 7.57. The fraction of sp³-hybridized carbons (Fsp3) is 0.588. The number of hydrogen-bond donors (Lipinski definition) is 2. The number of benzene rings is 1. The fourth-order valence-electron chi connectivity index (χ4n) is 2.33. The average Bonchev–Trinajstić information content (AvgIpc) is 2.40. The molecule has 21 heavy (non-hydrogen) atoms. The van der Waals surface area contributed by atoms with Crippen LogP contribution in [0.2, 0.25) is 0 Å². The van der Waals surface area contributed by atoms with E-state index in [2.05, 4.69) is 51.2 Å². The van der Waals surface area contributed by atoms with Crippen molar-refractivity contribution in [1.29, 1.82) is 0 Å². The average molecular weight is 308 g/mol. The van der Waals surface area contributed by atoms with Crippen molar-refractivity contribution >= 4 is 17.7 Å². The van der Waals surface area contributed by atoms with E-state index in [1.54, 1.807) is 0 Å². The quantitative estimate of drug-likeness (QED) is 0.724. The standard InChI is InChI=1S/C17H28N2OS/c1-6-9-19-17(5,16(18)20)11-14(4)21-15-10-12(2)7-8-13(15)3/h7-8,10,14,19H,6,9,11H2,1-5H3,(H2,18,20). The van der Waals surface area contributed by atoms with Crippen molar-refractivity contribution in [2.24, 2.45) is 5.73 Å². The van der Waals surface area contributed by atoms with Gasteiger partial charge in [0.15, 0.2) is 0 Å². The van der Waals surface area contributed by atoms with Crippen LogP contribution in [0.15, 0.2) is 23.1 Å². The third-order valence-electron chi connectivity index (χ3n) is 3.68. The largest absolute Gasteiger partial charge is 0.368 e. The molecule has 0 aliphatic rings. The molecule has 1 rings (SSSR count). The van der Waals surface area contributed by atoms with Gasteiger partial charge < -0.3 is 11.1 Å². The van der Waals surface area contributed by atoms with Gasteiger partial charge in [-0.15, -0.1) is 11.8 Å². The van der Waals surface area contributed by atoms with E-state index < -0.39 is 5.54 Å². The highest BCUT2D eigenvalue weighted by Crippen LogP contribution is 2.31. The summed E-state index contributed by atoms with van der Waals surface area (Å²) in [5.41, 5.74) is 7.50. The lowest BCUT2D eigenvalue weighted by atomic mass is 9.95. The zero-order valence-corrected chi connectivity index (χ0v) is 14.6. The van der Waals surface area contributed by atoms with E-state index >= 15 is 0 Å². The molecule has 0 aliphatic carbocycles. The van der Waals surface area contributed by atoms with E-state index in [1.807, 2.05) is 18.7 Å². The second-order valence-electron chi connectivity index (χ2n) is 6.02. The van der Waals surface area contributed by atoms with Crippen LogP contribution in [0, 0.1) is 13.8 Å². The van der Waals surface area contributed by atoms with Gasteiger partial charge in [0.25, 0.3) is 0 Å². The molecular weight excluding hydrogens is 280 g/mol. The summed E-state index contributed by atoms with van der Waals surface area (Å²) in [5, 5.41) is 3.61. The maximum atomic E-state index is 11.8. The Labute approximate surface area is 133 Å². The number of carbonyl (C=O) groups excluding carboxylic acids is 1. The van der Waals surface area contributed by atoms with Gasteiger partial charge in [-0.05, 0) is 51.8 Å². The molecule has 0 saturated heterocycles. The maximum Gasteiger partial charge on any atom is 0.237 e. The highest BCUT2D eigenvalue weighted by molar-refractivity contribution is 8.00. The van der Waals surface area contributed by atoms with Gasteiger partial charge in [0.1, 0.15) is 0 Å². The summed E-state index contributed by atoms with van der Waals surface area (Å²) in [5.74, 6) is -0.274. The number of nitrogens with two attached hydrogens (primary N) is 1. The predicted octanol–water partition coefficient (Wildman–Crippen LogP) is 3.42. The van der Waals surface area contributed by atoms with Gasteiger partial charge >= 0.3 is 0 Å². The molecule has 3 N–H and O–H groups in total. The van der Waals surface area contributed by atoms with Crippen molar-refractivity contribution in [3.05, 3.63) is 29.3 Å². The number of thioether (sulfide) groups is 1. The van der Waals surface area contributed by atoms with Crippen LogP contribution in [-0.2, 0) is 4.79 Å². The van der Waals surface area contributed by atoms with Crippen LogP contribution in [0.5, 0.6) is 0 Å². The van der Waals surface area contributed by atoms with Gasteiger partial charge in [0.2, 0.25) is 5.91 Å². The number of rotatable bonds is 8. The summed E-state index contributed by atoms with van der Waals surface area (Å²) in [6.45, 7) is 11.2. The van der Waals surface area contributed by atoms with E-state index in [1.165, 1.54) is 16.0 Å². The first kappa shape index (κ1) is 18.1. The minimum absolute atomic E-state index is 0.274. The Balaban J connectivity index is 2.76. The van der Waals surface area contributed by atoms with Gasteiger partial charge in [-0.2, -0.15) is 0 Å². The van der Waals surface area contributed by atoms with Crippen molar-refractivity contribution in [1.82, 2.24) is 5.32 Å². The molecule has 1 aromatic carbocycles. The van der Waals surface area contributed by atoms with Crippen LogP contribution >= 0.6 is 11.8 Å². The fourth-order valence-corrected chi connectivity index (χ4v) is 3.69. The molecule has 0 saturated carbocycles. The number of nitrogens with one attached hydrogen (secondary N) is 1. The Morgan fingerprint density at radius 2 is 2.10 bits per heavy atom. The second-order valence-corrected chi connectivity index (χ2v) is 7.50. The lowest BCUT2D eigenvalue weighted by Crippen LogP contribution is -2.54. The number of primary amides is 1. The molecule has 2 unspecified atom stereocenters. The van der Waals surface area contributed by atoms with Crippen molar-refractivity contribution in [3.8, 4) is 0 Å². The summed E-state index contributed by atoms with van der Waals surface area (Å²) in [6.07, 6.45) is 1.71. The molecular formula is C17H28N2OS. The Morgan fingerprint density at radius 3 is 2.67 bits per heavy atom. The van der Waals surface area contributed by atoms with Crippen molar-refractivity contribution in [2.75, 3.05) is 6.54 Å². The third-order valence-corrected chi connectivity index (χ3v) is 4.94. The maximum absolute atomic E-state index is 11.8. The molecule has 0 heterocycles. The monoisotopic (exact) mass is 308 g/mol. The van der Waals surface area contributed by atoms with Crippen LogP contribution in [0.4, 0.5) is 0 Å². The number of carbonyl (C=O) groups is 1. The number of amides is 1. The van der Waals surface area contributed by atoms with Crippen LogP contribution in [0.25, 0.3) is 0 Å². The first-order chi connectivity index (χ1) is 9.78. The summed E-state index contributed by atoms with van der Waals surface area (Å²) < 4.78 is 0. The highest BCUT2D eigenvalue weighted by Gasteiger charge is 2.32. The Kier molecular flexibility index (Phi) is 6.75. The highest BCUT2D eigenvalue weighted by atomic mass is 32.2. The molecule has 4 heteroatoms. The van der Waals surface area contributed by atoms with Crippen molar-refractivity contribution in [2.45, 2.75) is 63.1 Å². The van der Waals surface area contributed by atoms with Crippen LogP contribution in [0.1, 0.15) is 44.7 Å². The minimum atomic E-state index is -0.639. The normalized spacial score (nSPS) is 15.5. The number of aryl methyl sites for hydroxylation is 2. The molecule has 0 aliphatic heterocycles. The van der Waals surface area contributed by atoms with Gasteiger partial charge in [0, 0.05) is 10.1 Å². The Morgan fingerprint density at radius 1 is 1.43 bits per heavy atom. The number of hydrogen-bond acceptors (Lipinski definition) is 3. The Bertz CT molecular complexity index is 490. The zero-order valence-electron chi connectivity index (χ0n) is 13.8. The lowest BCUT2D eigenvalue weighted by Gasteiger charge is -2.30. The van der Waals surface area contributed by atoms with E-state index in [4.69, 9.17) is 5.73 Å². The van der Waals surface area contributed by atoms with E-state index in [0.717, 1.165) is 19.4 Å². The minimum Gasteiger partial charge on any atom is -0.368 e. The van der Waals surface area contributed by atoms with Crippen LogP contribution in [0.3, 0.4) is 0 Å². The molecule has 0 radical (unpaired) electrons. The summed E-state index contributed by atoms with van der Waals surface area (Å²) in [6, 6.07) is 6.48. The molecule has 118 valence electrons. The molecule has 3 nitrogen and oxygen atoms in total. The van der Waals surface area contributed by atoms with Gasteiger partial charge in [-0.25, -0.2) is 0 Å². The predicted molar refractivity (Wildman–Crippen MR) is 91.7 cm³/mol. The van der Waals surface area contributed by atoms with E-state index in [9.17, 15) is 4.79 Å². The van der Waals surface area contributed by atoms with Gasteiger partial charge in [0.05, 0.1) is 5.54 Å². The summed E-state index contributed by atoms with van der Waals surface area (Å²) in [7, 11) is 0. The SMILES string of the molecule is CCCNC(C)(CC(C)Sc1cc(C)ccc1C)C(N)=O. The van der Waals surface area contributed by atoms with Crippen LogP contribution < -0.4 is 11.1 Å². The molecule has 1 amide bonds. The molecule has 0 fully saturated rings. The lowest BCUT2D eigenvalue weighted by molar-refractivity contribution is -0.124. The third kappa shape index (κ3) is 5.36. The van der Waals surface area contributed by atoms with Crippen molar-refractivity contribution in [3.63, 3.8) is 0 Å². The molecule has 0 aromatic heterocycles. The van der Waals surface area contributed by atoms with E-state index in [-0.39, 0.29) is 5.91 Å². The van der Waals surface area contributed by atoms with E-state index in [0.29, 0.717) is 5.25 Å². The van der Waals surface area contributed by atoms with Gasteiger partial charge in [-0.1, -0.05) is 31.5 Å². The smallest absolute Gasteiger partial charge is 0.237 e. The Hall–Kier alpha value is -1.00. The summed E-state index contributed by atoms with van der Waals surface area (Å²) in [4.78, 5) is 13.1. The van der Waals surface area contributed by atoms with Crippen molar-refractivity contribution < 1.29 is 4.79 Å². The topological polar surface area (TPSA) is 55.1 Å². The van der Waals surface area contributed by atoms with Gasteiger partial charge in [-0.3, -0.25) is 4.79 Å². The molecule has 1 aromatic rings. The zero-order chi connectivity index (χ0) is 16.0. The first-order valence-corrected chi connectivity index (χ1v) is 8.45. The molecule has 2 atom stereocenters. The summed E-state index contributed by atoms with van der Waals surface area (Å²) >= 11 is 1.81. The molecule has 0 bridgehead atoms.